The van der Waals surface area contributed by atoms with Crippen LogP contribution in [0.5, 0.6) is 11.5 Å². The van der Waals surface area contributed by atoms with Crippen LogP contribution in [-0.4, -0.2) is 28.0 Å². The van der Waals surface area contributed by atoms with E-state index in [4.69, 9.17) is 9.47 Å². The summed E-state index contributed by atoms with van der Waals surface area (Å²) in [4.78, 5) is 13.6. The Balaban J connectivity index is 1.87. The summed E-state index contributed by atoms with van der Waals surface area (Å²) in [7, 11) is -2.59. The van der Waals surface area contributed by atoms with Crippen LogP contribution in [0.4, 0.5) is 5.69 Å². The zero-order valence-electron chi connectivity index (χ0n) is 24.1. The van der Waals surface area contributed by atoms with Crippen LogP contribution in [0.1, 0.15) is 69.1 Å². The lowest BCUT2D eigenvalue weighted by atomic mass is 10.1. The first-order valence-corrected chi connectivity index (χ1v) is 15.5. The molecule has 1 amide bonds. The first kappa shape index (κ1) is 31.0. The molecule has 6 nitrogen and oxygen atoms in total. The first-order valence-electron chi connectivity index (χ1n) is 14.0. The summed E-state index contributed by atoms with van der Waals surface area (Å²) in [5, 5.41) is 0. The second kappa shape index (κ2) is 15.3. The molecule has 0 radical (unpaired) electrons. The molecule has 0 aromatic heterocycles. The van der Waals surface area contributed by atoms with Gasteiger partial charge in [0.05, 0.1) is 24.3 Å². The average Bonchev–Trinajstić information content (AvgIpc) is 2.96. The van der Waals surface area contributed by atoms with Gasteiger partial charge < -0.3 is 9.47 Å². The van der Waals surface area contributed by atoms with Crippen molar-refractivity contribution in [3.8, 4) is 11.5 Å². The third-order valence-electron chi connectivity index (χ3n) is 6.61. The number of unbranched alkanes of at least 4 members (excludes halogenated alkanes) is 4. The number of methoxy groups -OCH3 is 1. The minimum Gasteiger partial charge on any atom is -0.493 e. The van der Waals surface area contributed by atoms with Crippen molar-refractivity contribution in [3.05, 3.63) is 89.5 Å². The van der Waals surface area contributed by atoms with Gasteiger partial charge in [-0.2, -0.15) is 4.31 Å². The van der Waals surface area contributed by atoms with Crippen LogP contribution in [0.3, 0.4) is 0 Å². The number of nitrogens with zero attached hydrogens (tertiary/aromatic N) is 1. The second-order valence-electron chi connectivity index (χ2n) is 9.84. The van der Waals surface area contributed by atoms with Gasteiger partial charge in [-0.3, -0.25) is 4.79 Å². The molecule has 0 unspecified atom stereocenters. The van der Waals surface area contributed by atoms with Crippen LogP contribution < -0.4 is 13.8 Å². The van der Waals surface area contributed by atoms with E-state index in [9.17, 15) is 13.2 Å². The van der Waals surface area contributed by atoms with Crippen LogP contribution >= 0.6 is 0 Å². The molecule has 0 aliphatic carbocycles. The maximum atomic E-state index is 13.7. The number of sulfonamides is 1. The normalized spacial score (nSPS) is 11.5. The molecule has 0 spiro atoms. The van der Waals surface area contributed by atoms with E-state index >= 15 is 0 Å². The largest absolute Gasteiger partial charge is 0.493 e. The molecule has 0 bridgehead atoms. The van der Waals surface area contributed by atoms with Gasteiger partial charge in [0.1, 0.15) is 0 Å². The zero-order valence-corrected chi connectivity index (χ0v) is 24.9. The van der Waals surface area contributed by atoms with Crippen LogP contribution in [0.2, 0.25) is 0 Å². The summed E-state index contributed by atoms with van der Waals surface area (Å²) in [5.41, 5.74) is 3.01. The number of hydrogen-bond acceptors (Lipinski definition) is 5. The number of carbonyl (C=O) groups is 1. The van der Waals surface area contributed by atoms with Gasteiger partial charge in [-0.25, -0.2) is 8.42 Å². The molecule has 3 rings (SSSR count). The molecule has 0 fully saturated rings. The fourth-order valence-electron chi connectivity index (χ4n) is 4.23. The molecule has 3 aromatic rings. The Morgan fingerprint density at radius 3 is 2.20 bits per heavy atom. The van der Waals surface area contributed by atoms with Crippen molar-refractivity contribution in [3.63, 3.8) is 0 Å². The Morgan fingerprint density at radius 1 is 0.850 bits per heavy atom. The van der Waals surface area contributed by atoms with E-state index in [1.54, 1.807) is 49.6 Å². The molecule has 0 saturated carbocycles. The predicted molar refractivity (Wildman–Crippen MR) is 163 cm³/mol. The highest BCUT2D eigenvalue weighted by atomic mass is 32.2. The van der Waals surface area contributed by atoms with Crippen LogP contribution in [0.15, 0.2) is 77.7 Å². The third kappa shape index (κ3) is 8.46. The molecule has 0 N–H and O–H groups in total. The maximum Gasteiger partial charge on any atom is 0.271 e. The molecule has 0 saturated heterocycles. The Hall–Kier alpha value is -3.58. The quantitative estimate of drug-likeness (QED) is 0.140. The first-order chi connectivity index (χ1) is 19.3. The van der Waals surface area contributed by atoms with Crippen molar-refractivity contribution in [2.75, 3.05) is 18.0 Å². The lowest BCUT2D eigenvalue weighted by Crippen LogP contribution is -2.35. The van der Waals surface area contributed by atoms with Crippen LogP contribution in [-0.2, 0) is 21.2 Å². The number of aryl methyl sites for hydroxylation is 2. The number of carbonyl (C=O) groups excluding carboxylic acids is 1. The summed E-state index contributed by atoms with van der Waals surface area (Å²) in [6.07, 6.45) is 10.3. The average molecular weight is 564 g/mol. The van der Waals surface area contributed by atoms with Crippen molar-refractivity contribution in [1.29, 1.82) is 0 Å². The molecular formula is C33H41NO5S. The van der Waals surface area contributed by atoms with E-state index in [1.807, 2.05) is 25.1 Å². The predicted octanol–water partition coefficient (Wildman–Crippen LogP) is 7.74. The highest BCUT2D eigenvalue weighted by Crippen LogP contribution is 2.30. The summed E-state index contributed by atoms with van der Waals surface area (Å²) in [5.74, 6) is 0.517. The third-order valence-corrected chi connectivity index (χ3v) is 8.35. The van der Waals surface area contributed by atoms with Gasteiger partial charge in [0.25, 0.3) is 15.9 Å². The lowest BCUT2D eigenvalue weighted by molar-refractivity contribution is -0.113. The van der Waals surface area contributed by atoms with Crippen molar-refractivity contribution < 1.29 is 22.7 Å². The van der Waals surface area contributed by atoms with E-state index in [0.717, 1.165) is 54.0 Å². The van der Waals surface area contributed by atoms with Gasteiger partial charge in [-0.05, 0) is 79.8 Å². The van der Waals surface area contributed by atoms with Gasteiger partial charge in [0.2, 0.25) is 0 Å². The van der Waals surface area contributed by atoms with Gasteiger partial charge >= 0.3 is 0 Å². The lowest BCUT2D eigenvalue weighted by Gasteiger charge is -2.22. The number of rotatable bonds is 15. The van der Waals surface area contributed by atoms with E-state index in [-0.39, 0.29) is 4.90 Å². The van der Waals surface area contributed by atoms with Crippen molar-refractivity contribution >= 4 is 27.7 Å². The number of anilines is 1. The maximum absolute atomic E-state index is 13.7. The minimum absolute atomic E-state index is 0.0528. The Bertz CT molecular complexity index is 1360. The summed E-state index contributed by atoms with van der Waals surface area (Å²) in [6, 6.07) is 19.0. The second-order valence-corrected chi connectivity index (χ2v) is 11.6. The van der Waals surface area contributed by atoms with E-state index in [0.29, 0.717) is 29.4 Å². The zero-order chi connectivity index (χ0) is 29.0. The number of amides is 1. The Kier molecular flexibility index (Phi) is 11.8. The molecule has 0 atom stereocenters. The van der Waals surface area contributed by atoms with Gasteiger partial charge in [-0.1, -0.05) is 75.4 Å². The van der Waals surface area contributed by atoms with Gasteiger partial charge in [-0.15, -0.1) is 0 Å². The fourth-order valence-corrected chi connectivity index (χ4v) is 5.62. The highest BCUT2D eigenvalue weighted by molar-refractivity contribution is 7.93. The summed E-state index contributed by atoms with van der Waals surface area (Å²) < 4.78 is 39.6. The summed E-state index contributed by atoms with van der Waals surface area (Å²) in [6.45, 7) is 6.78. The fraction of sp³-hybridized carbons (Fsp3) is 0.364. The van der Waals surface area contributed by atoms with Gasteiger partial charge in [0, 0.05) is 6.08 Å². The van der Waals surface area contributed by atoms with Crippen molar-refractivity contribution in [2.45, 2.75) is 70.6 Å². The molecule has 0 aliphatic rings. The van der Waals surface area contributed by atoms with Crippen LogP contribution in [0, 0.1) is 6.92 Å². The number of benzene rings is 3. The van der Waals surface area contributed by atoms with Crippen molar-refractivity contribution in [2.24, 2.45) is 0 Å². The van der Waals surface area contributed by atoms with Gasteiger partial charge in [0.15, 0.2) is 11.5 Å². The number of ether oxygens (including phenoxy) is 2. The van der Waals surface area contributed by atoms with Crippen molar-refractivity contribution in [1.82, 2.24) is 0 Å². The smallest absolute Gasteiger partial charge is 0.271 e. The topological polar surface area (TPSA) is 72.9 Å². The molecule has 0 aliphatic heterocycles. The van der Waals surface area contributed by atoms with E-state index in [1.165, 1.54) is 24.6 Å². The summed E-state index contributed by atoms with van der Waals surface area (Å²) >= 11 is 0. The standard InChI is InChI=1S/C33H41NO5S/c1-5-7-9-10-24-39-31-22-16-28(25-32(31)38-4)17-23-33(35)34(29-18-14-27(15-19-29)11-8-6-2)40(36,37)30-20-12-26(3)13-21-30/h12-23,25H,5-11,24H2,1-4H3/b23-17+. The monoisotopic (exact) mass is 563 g/mol. The Morgan fingerprint density at radius 2 is 1.55 bits per heavy atom. The van der Waals surface area contributed by atoms with E-state index in [2.05, 4.69) is 13.8 Å². The van der Waals surface area contributed by atoms with E-state index < -0.39 is 15.9 Å². The molecular weight excluding hydrogens is 522 g/mol. The van der Waals surface area contributed by atoms with Crippen LogP contribution in [0.25, 0.3) is 6.08 Å². The number of hydrogen-bond donors (Lipinski definition) is 0. The SMILES string of the molecule is CCCCCCOc1ccc(/C=C/C(=O)N(c2ccc(CCCC)cc2)S(=O)(=O)c2ccc(C)cc2)cc1OC. The molecule has 40 heavy (non-hydrogen) atoms. The molecule has 3 aromatic carbocycles. The molecule has 7 heteroatoms. The molecule has 0 heterocycles. The highest BCUT2D eigenvalue weighted by Gasteiger charge is 2.29. The molecule has 214 valence electrons. The minimum atomic E-state index is -4.15. The Labute approximate surface area is 239 Å².